The van der Waals surface area contributed by atoms with Gasteiger partial charge in [-0.3, -0.25) is 4.79 Å². The summed E-state index contributed by atoms with van der Waals surface area (Å²) in [5, 5.41) is 9.12. The second kappa shape index (κ2) is 7.15. The number of hydrogen-bond donors (Lipinski definition) is 1. The van der Waals surface area contributed by atoms with Gasteiger partial charge in [0.15, 0.2) is 11.5 Å². The van der Waals surface area contributed by atoms with Gasteiger partial charge in [-0.25, -0.2) is 4.79 Å². The van der Waals surface area contributed by atoms with Crippen LogP contribution in [-0.4, -0.2) is 48.7 Å². The topological polar surface area (TPSA) is 76.1 Å². The zero-order valence-corrected chi connectivity index (χ0v) is 12.9. The fourth-order valence-electron chi connectivity index (χ4n) is 2.75. The Kier molecular flexibility index (Phi) is 5.25. The van der Waals surface area contributed by atoms with Gasteiger partial charge in [0.1, 0.15) is 6.04 Å². The van der Waals surface area contributed by atoms with E-state index in [-0.39, 0.29) is 5.91 Å². The van der Waals surface area contributed by atoms with Gasteiger partial charge < -0.3 is 19.5 Å². The first-order valence-electron chi connectivity index (χ1n) is 7.30. The average molecular weight is 307 g/mol. The molecule has 6 nitrogen and oxygen atoms in total. The van der Waals surface area contributed by atoms with Crippen LogP contribution in [0.25, 0.3) is 0 Å². The van der Waals surface area contributed by atoms with E-state index < -0.39 is 12.0 Å². The molecule has 1 N–H and O–H groups in total. The van der Waals surface area contributed by atoms with E-state index in [1.54, 1.807) is 20.3 Å². The van der Waals surface area contributed by atoms with Gasteiger partial charge >= 0.3 is 5.97 Å². The third-order valence-corrected chi connectivity index (χ3v) is 3.93. The molecule has 1 heterocycles. The first kappa shape index (κ1) is 16.1. The van der Waals surface area contributed by atoms with Crippen LogP contribution in [0.3, 0.4) is 0 Å². The fourth-order valence-corrected chi connectivity index (χ4v) is 2.75. The predicted molar refractivity (Wildman–Crippen MR) is 80.2 cm³/mol. The summed E-state index contributed by atoms with van der Waals surface area (Å²) in [6.07, 6.45) is 2.12. The van der Waals surface area contributed by atoms with Crippen molar-refractivity contribution in [2.45, 2.75) is 31.7 Å². The lowest BCUT2D eigenvalue weighted by molar-refractivity contribution is -0.148. The molecule has 0 bridgehead atoms. The number of carbonyl (C=O) groups excluding carboxylic acids is 1. The summed E-state index contributed by atoms with van der Waals surface area (Å²) in [4.78, 5) is 24.8. The van der Waals surface area contributed by atoms with Crippen LogP contribution < -0.4 is 9.47 Å². The number of carboxylic acid groups (broad SMARTS) is 1. The van der Waals surface area contributed by atoms with Crippen molar-refractivity contribution in [3.8, 4) is 11.5 Å². The van der Waals surface area contributed by atoms with Crippen LogP contribution in [0.5, 0.6) is 11.5 Å². The third kappa shape index (κ3) is 3.50. The Morgan fingerprint density at radius 2 is 2.00 bits per heavy atom. The summed E-state index contributed by atoms with van der Waals surface area (Å²) in [5.74, 6) is 0.233. The number of aryl methyl sites for hydroxylation is 1. The molecule has 0 aromatic heterocycles. The highest BCUT2D eigenvalue weighted by molar-refractivity contribution is 5.84. The predicted octanol–water partition coefficient (Wildman–Crippen LogP) is 1.71. The molecule has 2 rings (SSSR count). The molecule has 1 aromatic carbocycles. The molecule has 0 saturated carbocycles. The van der Waals surface area contributed by atoms with Crippen molar-refractivity contribution in [1.82, 2.24) is 4.90 Å². The Labute approximate surface area is 129 Å². The highest BCUT2D eigenvalue weighted by atomic mass is 16.5. The number of amides is 1. The van der Waals surface area contributed by atoms with Gasteiger partial charge in [0.25, 0.3) is 0 Å². The first-order valence-corrected chi connectivity index (χ1v) is 7.30. The maximum Gasteiger partial charge on any atom is 0.326 e. The van der Waals surface area contributed by atoms with E-state index in [4.69, 9.17) is 14.6 Å². The van der Waals surface area contributed by atoms with E-state index in [0.717, 1.165) is 12.0 Å². The number of rotatable bonds is 6. The number of carboxylic acids is 1. The molecule has 0 aliphatic carbocycles. The molecule has 1 fully saturated rings. The molecule has 6 heteroatoms. The summed E-state index contributed by atoms with van der Waals surface area (Å²) in [5.41, 5.74) is 0.956. The van der Waals surface area contributed by atoms with Gasteiger partial charge in [-0.05, 0) is 37.0 Å². The molecular formula is C16H21NO5. The summed E-state index contributed by atoms with van der Waals surface area (Å²) in [7, 11) is 3.13. The minimum Gasteiger partial charge on any atom is -0.493 e. The van der Waals surface area contributed by atoms with E-state index >= 15 is 0 Å². The fraction of sp³-hybridized carbons (Fsp3) is 0.500. The number of aliphatic carboxylic acids is 1. The Morgan fingerprint density at radius 1 is 1.27 bits per heavy atom. The van der Waals surface area contributed by atoms with E-state index in [2.05, 4.69) is 0 Å². The molecule has 1 aliphatic heterocycles. The lowest BCUT2D eigenvalue weighted by Gasteiger charge is -2.21. The molecule has 1 aromatic rings. The monoisotopic (exact) mass is 307 g/mol. The molecular weight excluding hydrogens is 286 g/mol. The van der Waals surface area contributed by atoms with Gasteiger partial charge in [0.05, 0.1) is 14.2 Å². The van der Waals surface area contributed by atoms with Crippen molar-refractivity contribution < 1.29 is 24.2 Å². The lowest BCUT2D eigenvalue weighted by Crippen LogP contribution is -2.40. The number of likely N-dealkylation sites (tertiary alicyclic amines) is 1. The Bertz CT molecular complexity index is 557. The normalized spacial score (nSPS) is 17.4. The van der Waals surface area contributed by atoms with Crippen molar-refractivity contribution in [1.29, 1.82) is 0 Å². The quantitative estimate of drug-likeness (QED) is 0.866. The largest absolute Gasteiger partial charge is 0.493 e. The van der Waals surface area contributed by atoms with Crippen molar-refractivity contribution >= 4 is 11.9 Å². The molecule has 1 aliphatic rings. The van der Waals surface area contributed by atoms with Crippen LogP contribution in [0.1, 0.15) is 24.8 Å². The standard InChI is InChI=1S/C16H21NO5/c1-21-13-7-5-11(10-14(13)22-2)6-8-15(18)17-9-3-4-12(17)16(19)20/h5,7,10,12H,3-4,6,8-9H2,1-2H3,(H,19,20). The highest BCUT2D eigenvalue weighted by Crippen LogP contribution is 2.28. The average Bonchev–Trinajstić information content (AvgIpc) is 3.02. The van der Waals surface area contributed by atoms with Crippen LogP contribution in [0.2, 0.25) is 0 Å². The van der Waals surface area contributed by atoms with Gasteiger partial charge in [0, 0.05) is 13.0 Å². The SMILES string of the molecule is COc1ccc(CCC(=O)N2CCCC2C(=O)O)cc1OC. The Hall–Kier alpha value is -2.24. The lowest BCUT2D eigenvalue weighted by atomic mass is 10.1. The molecule has 22 heavy (non-hydrogen) atoms. The number of hydrogen-bond acceptors (Lipinski definition) is 4. The molecule has 120 valence electrons. The summed E-state index contributed by atoms with van der Waals surface area (Å²) < 4.78 is 10.4. The highest BCUT2D eigenvalue weighted by Gasteiger charge is 2.33. The van der Waals surface area contributed by atoms with E-state index in [0.29, 0.717) is 37.3 Å². The Morgan fingerprint density at radius 3 is 2.64 bits per heavy atom. The number of nitrogens with zero attached hydrogens (tertiary/aromatic N) is 1. The van der Waals surface area contributed by atoms with Crippen LogP contribution in [0.4, 0.5) is 0 Å². The van der Waals surface area contributed by atoms with Gasteiger partial charge in [0.2, 0.25) is 5.91 Å². The zero-order valence-electron chi connectivity index (χ0n) is 12.9. The maximum atomic E-state index is 12.2. The second-order valence-electron chi connectivity index (χ2n) is 5.27. The number of benzene rings is 1. The minimum absolute atomic E-state index is 0.111. The minimum atomic E-state index is -0.919. The van der Waals surface area contributed by atoms with E-state index in [1.165, 1.54) is 4.90 Å². The molecule has 1 atom stereocenters. The van der Waals surface area contributed by atoms with Crippen LogP contribution >= 0.6 is 0 Å². The van der Waals surface area contributed by atoms with E-state index in [1.807, 2.05) is 12.1 Å². The van der Waals surface area contributed by atoms with Crippen molar-refractivity contribution in [3.63, 3.8) is 0 Å². The smallest absolute Gasteiger partial charge is 0.326 e. The molecule has 1 amide bonds. The molecule has 0 radical (unpaired) electrons. The second-order valence-corrected chi connectivity index (χ2v) is 5.27. The van der Waals surface area contributed by atoms with E-state index in [9.17, 15) is 9.59 Å². The summed E-state index contributed by atoms with van der Waals surface area (Å²) in [6.45, 7) is 0.529. The number of carbonyl (C=O) groups is 2. The molecule has 1 saturated heterocycles. The van der Waals surface area contributed by atoms with Crippen molar-refractivity contribution in [2.75, 3.05) is 20.8 Å². The van der Waals surface area contributed by atoms with Crippen LogP contribution in [0, 0.1) is 0 Å². The Balaban J connectivity index is 1.98. The summed E-state index contributed by atoms with van der Waals surface area (Å²) >= 11 is 0. The first-order chi connectivity index (χ1) is 10.6. The maximum absolute atomic E-state index is 12.2. The molecule has 1 unspecified atom stereocenters. The molecule has 0 spiro atoms. The summed E-state index contributed by atoms with van der Waals surface area (Å²) in [6, 6.07) is 4.85. The van der Waals surface area contributed by atoms with Crippen LogP contribution in [-0.2, 0) is 16.0 Å². The van der Waals surface area contributed by atoms with Gasteiger partial charge in [-0.2, -0.15) is 0 Å². The number of ether oxygens (including phenoxy) is 2. The van der Waals surface area contributed by atoms with Gasteiger partial charge in [-0.1, -0.05) is 6.07 Å². The zero-order chi connectivity index (χ0) is 16.1. The van der Waals surface area contributed by atoms with Crippen molar-refractivity contribution in [2.24, 2.45) is 0 Å². The third-order valence-electron chi connectivity index (χ3n) is 3.93. The number of methoxy groups -OCH3 is 2. The van der Waals surface area contributed by atoms with Crippen LogP contribution in [0.15, 0.2) is 18.2 Å². The van der Waals surface area contributed by atoms with Gasteiger partial charge in [-0.15, -0.1) is 0 Å². The van der Waals surface area contributed by atoms with Crippen molar-refractivity contribution in [3.05, 3.63) is 23.8 Å².